The molecule has 4 heteroatoms. The molecular formula is C17H22N2O2. The summed E-state index contributed by atoms with van der Waals surface area (Å²) >= 11 is 0. The van der Waals surface area contributed by atoms with E-state index < -0.39 is 0 Å². The maximum Gasteiger partial charge on any atom is 0.145 e. The first-order valence-electron chi connectivity index (χ1n) is 7.43. The number of pyridine rings is 1. The Morgan fingerprint density at radius 1 is 1.24 bits per heavy atom. The molecule has 0 radical (unpaired) electrons. The van der Waals surface area contributed by atoms with Crippen LogP contribution in [0.3, 0.4) is 0 Å². The molecule has 112 valence electrons. The van der Waals surface area contributed by atoms with Crippen LogP contribution < -0.4 is 9.64 Å². The number of hydrogen-bond acceptors (Lipinski definition) is 4. The number of anilines is 1. The van der Waals surface area contributed by atoms with Gasteiger partial charge in [0.15, 0.2) is 0 Å². The maximum atomic E-state index is 5.81. The lowest BCUT2D eigenvalue weighted by Gasteiger charge is -2.36. The number of benzene rings is 1. The fraction of sp³-hybridized carbons (Fsp3) is 0.471. The molecule has 4 nitrogen and oxygen atoms in total. The van der Waals surface area contributed by atoms with Crippen molar-refractivity contribution in [2.24, 2.45) is 0 Å². The van der Waals surface area contributed by atoms with Crippen LogP contribution in [-0.4, -0.2) is 37.4 Å². The summed E-state index contributed by atoms with van der Waals surface area (Å²) in [6, 6.07) is 8.22. The minimum atomic E-state index is 0.226. The van der Waals surface area contributed by atoms with E-state index in [1.54, 1.807) is 7.11 Å². The summed E-state index contributed by atoms with van der Waals surface area (Å²) in [5.74, 6) is 1.83. The Balaban J connectivity index is 2.07. The molecule has 1 aromatic carbocycles. The van der Waals surface area contributed by atoms with Gasteiger partial charge in [-0.25, -0.2) is 4.98 Å². The van der Waals surface area contributed by atoms with Crippen molar-refractivity contribution in [3.8, 4) is 5.75 Å². The van der Waals surface area contributed by atoms with E-state index in [4.69, 9.17) is 14.5 Å². The van der Waals surface area contributed by atoms with Crippen LogP contribution in [0, 0.1) is 6.92 Å². The molecule has 2 aromatic rings. The Morgan fingerprint density at radius 2 is 1.95 bits per heavy atom. The summed E-state index contributed by atoms with van der Waals surface area (Å²) in [5.41, 5.74) is 2.16. The molecule has 2 atom stereocenters. The summed E-state index contributed by atoms with van der Waals surface area (Å²) in [7, 11) is 1.69. The number of hydrogen-bond donors (Lipinski definition) is 0. The predicted molar refractivity (Wildman–Crippen MR) is 85.3 cm³/mol. The van der Waals surface area contributed by atoms with Crippen molar-refractivity contribution in [2.45, 2.75) is 33.0 Å². The number of fused-ring (bicyclic) bond motifs is 1. The van der Waals surface area contributed by atoms with Crippen molar-refractivity contribution < 1.29 is 9.47 Å². The first-order valence-corrected chi connectivity index (χ1v) is 7.43. The third kappa shape index (κ3) is 2.68. The topological polar surface area (TPSA) is 34.6 Å². The smallest absolute Gasteiger partial charge is 0.145 e. The van der Waals surface area contributed by atoms with E-state index in [-0.39, 0.29) is 12.2 Å². The first-order chi connectivity index (χ1) is 10.1. The summed E-state index contributed by atoms with van der Waals surface area (Å²) in [6.45, 7) is 8.09. The van der Waals surface area contributed by atoms with Gasteiger partial charge in [-0.05, 0) is 38.5 Å². The van der Waals surface area contributed by atoms with E-state index in [1.165, 1.54) is 5.56 Å². The second kappa shape index (κ2) is 5.53. The van der Waals surface area contributed by atoms with Crippen LogP contribution in [0.2, 0.25) is 0 Å². The highest BCUT2D eigenvalue weighted by Gasteiger charge is 2.23. The van der Waals surface area contributed by atoms with Crippen LogP contribution in [0.25, 0.3) is 10.9 Å². The molecule has 0 N–H and O–H groups in total. The molecule has 0 amide bonds. The minimum Gasteiger partial charge on any atom is -0.494 e. The van der Waals surface area contributed by atoms with Crippen molar-refractivity contribution >= 4 is 16.7 Å². The number of rotatable bonds is 2. The zero-order chi connectivity index (χ0) is 15.0. The molecule has 3 rings (SSSR count). The van der Waals surface area contributed by atoms with Gasteiger partial charge in [-0.3, -0.25) is 0 Å². The Bertz CT molecular complexity index is 647. The SMILES string of the molecule is COc1cccc2c(C)cc(N3C[C@@H](C)O[C@H](C)C3)nc12. The van der Waals surface area contributed by atoms with Gasteiger partial charge < -0.3 is 14.4 Å². The number of methoxy groups -OCH3 is 1. The zero-order valence-corrected chi connectivity index (χ0v) is 13.1. The highest BCUT2D eigenvalue weighted by atomic mass is 16.5. The van der Waals surface area contributed by atoms with Gasteiger partial charge in [0.2, 0.25) is 0 Å². The lowest BCUT2D eigenvalue weighted by atomic mass is 10.1. The lowest BCUT2D eigenvalue weighted by Crippen LogP contribution is -2.45. The molecule has 1 aromatic heterocycles. The second-order valence-electron chi connectivity index (χ2n) is 5.82. The van der Waals surface area contributed by atoms with Crippen LogP contribution in [0.5, 0.6) is 5.75 Å². The summed E-state index contributed by atoms with van der Waals surface area (Å²) in [6.07, 6.45) is 0.452. The van der Waals surface area contributed by atoms with E-state index in [0.29, 0.717) is 0 Å². The van der Waals surface area contributed by atoms with Gasteiger partial charge in [-0.2, -0.15) is 0 Å². The molecule has 0 unspecified atom stereocenters. The van der Waals surface area contributed by atoms with Gasteiger partial charge in [-0.1, -0.05) is 12.1 Å². The van der Waals surface area contributed by atoms with Gasteiger partial charge in [0.25, 0.3) is 0 Å². The fourth-order valence-corrected chi connectivity index (χ4v) is 3.07. The van der Waals surface area contributed by atoms with Gasteiger partial charge in [0.1, 0.15) is 17.1 Å². The highest BCUT2D eigenvalue weighted by molar-refractivity contribution is 5.88. The Hall–Kier alpha value is -1.81. The van der Waals surface area contributed by atoms with Gasteiger partial charge >= 0.3 is 0 Å². The third-order valence-corrected chi connectivity index (χ3v) is 3.96. The number of para-hydroxylation sites is 1. The van der Waals surface area contributed by atoms with Crippen molar-refractivity contribution in [3.63, 3.8) is 0 Å². The molecule has 1 aliphatic heterocycles. The summed E-state index contributed by atoms with van der Waals surface area (Å²) in [4.78, 5) is 7.15. The van der Waals surface area contributed by atoms with Crippen LogP contribution in [0.4, 0.5) is 5.82 Å². The first kappa shape index (κ1) is 14.1. The van der Waals surface area contributed by atoms with Crippen molar-refractivity contribution in [1.82, 2.24) is 4.98 Å². The van der Waals surface area contributed by atoms with E-state index in [9.17, 15) is 0 Å². The monoisotopic (exact) mass is 286 g/mol. The lowest BCUT2D eigenvalue weighted by molar-refractivity contribution is -0.00544. The van der Waals surface area contributed by atoms with E-state index in [1.807, 2.05) is 12.1 Å². The van der Waals surface area contributed by atoms with Crippen molar-refractivity contribution in [2.75, 3.05) is 25.1 Å². The maximum absolute atomic E-state index is 5.81. The van der Waals surface area contributed by atoms with Crippen LogP contribution in [0.1, 0.15) is 19.4 Å². The number of aromatic nitrogens is 1. The molecule has 0 saturated carbocycles. The molecule has 1 aliphatic rings. The van der Waals surface area contributed by atoms with Gasteiger partial charge in [0.05, 0.1) is 19.3 Å². The Labute approximate surface area is 125 Å². The van der Waals surface area contributed by atoms with Crippen molar-refractivity contribution in [3.05, 3.63) is 29.8 Å². The average molecular weight is 286 g/mol. The van der Waals surface area contributed by atoms with Gasteiger partial charge in [0, 0.05) is 18.5 Å². The summed E-state index contributed by atoms with van der Waals surface area (Å²) < 4.78 is 11.3. The third-order valence-electron chi connectivity index (χ3n) is 3.96. The van der Waals surface area contributed by atoms with Crippen LogP contribution >= 0.6 is 0 Å². The molecule has 0 spiro atoms. The highest BCUT2D eigenvalue weighted by Crippen LogP contribution is 2.30. The summed E-state index contributed by atoms with van der Waals surface area (Å²) in [5, 5.41) is 1.15. The largest absolute Gasteiger partial charge is 0.494 e. The number of aryl methyl sites for hydroxylation is 1. The predicted octanol–water partition coefficient (Wildman–Crippen LogP) is 3.17. The quantitative estimate of drug-likeness (QED) is 0.849. The Morgan fingerprint density at radius 3 is 2.62 bits per heavy atom. The number of ether oxygens (including phenoxy) is 2. The van der Waals surface area contributed by atoms with Crippen LogP contribution in [-0.2, 0) is 4.74 Å². The molecular weight excluding hydrogens is 264 g/mol. The van der Waals surface area contributed by atoms with E-state index in [0.717, 1.165) is 35.6 Å². The molecule has 0 aliphatic carbocycles. The number of nitrogens with zero attached hydrogens (tertiary/aromatic N) is 2. The molecule has 1 fully saturated rings. The fourth-order valence-electron chi connectivity index (χ4n) is 3.07. The second-order valence-corrected chi connectivity index (χ2v) is 5.82. The standard InChI is InChI=1S/C17H22N2O2/c1-11-8-16(19-9-12(2)21-13(3)10-19)18-17-14(11)6-5-7-15(17)20-4/h5-8,12-13H,9-10H2,1-4H3/t12-,13-/m1/s1. The molecule has 1 saturated heterocycles. The average Bonchev–Trinajstić information content (AvgIpc) is 2.45. The Kier molecular flexibility index (Phi) is 3.72. The minimum absolute atomic E-state index is 0.226. The zero-order valence-electron chi connectivity index (χ0n) is 13.1. The molecule has 0 bridgehead atoms. The van der Waals surface area contributed by atoms with Gasteiger partial charge in [-0.15, -0.1) is 0 Å². The van der Waals surface area contributed by atoms with E-state index >= 15 is 0 Å². The van der Waals surface area contributed by atoms with Crippen LogP contribution in [0.15, 0.2) is 24.3 Å². The number of morpholine rings is 1. The van der Waals surface area contributed by atoms with E-state index in [2.05, 4.69) is 37.8 Å². The molecule has 2 heterocycles. The van der Waals surface area contributed by atoms with Crippen molar-refractivity contribution in [1.29, 1.82) is 0 Å². The molecule has 21 heavy (non-hydrogen) atoms. The normalized spacial score (nSPS) is 22.6.